The van der Waals surface area contributed by atoms with Crippen LogP contribution in [0.2, 0.25) is 0 Å². The molecule has 0 radical (unpaired) electrons. The summed E-state index contributed by atoms with van der Waals surface area (Å²) >= 11 is 0. The van der Waals surface area contributed by atoms with Crippen LogP contribution in [0.4, 0.5) is 5.82 Å². The lowest BCUT2D eigenvalue weighted by Crippen LogP contribution is -2.17. The fraction of sp³-hybridized carbons (Fsp3) is 0.583. The Hall–Kier alpha value is -1.39. The number of hydrogen-bond donors (Lipinski definition) is 4. The first-order chi connectivity index (χ1) is 12.1. The van der Waals surface area contributed by atoms with Crippen molar-refractivity contribution in [2.24, 2.45) is 11.8 Å². The minimum atomic E-state index is -5.07. The third-order valence-electron chi connectivity index (χ3n) is 4.77. The average Bonchev–Trinajstić information content (AvgIpc) is 3.04. The summed E-state index contributed by atoms with van der Waals surface area (Å²) in [6.45, 7) is 0. The zero-order valence-electron chi connectivity index (χ0n) is 13.3. The highest BCUT2D eigenvalue weighted by Crippen LogP contribution is 2.61. The van der Waals surface area contributed by atoms with Crippen LogP contribution in [0.15, 0.2) is 12.7 Å². The second-order valence-electron chi connectivity index (χ2n) is 6.49. The Balaban J connectivity index is 1.46. The molecule has 14 heteroatoms. The van der Waals surface area contributed by atoms with Crippen LogP contribution in [-0.4, -0.2) is 46.7 Å². The van der Waals surface area contributed by atoms with Crippen molar-refractivity contribution in [2.45, 2.75) is 25.0 Å². The molecule has 0 aromatic carbocycles. The molecule has 0 aliphatic heterocycles. The molecule has 2 aliphatic carbocycles. The Labute approximate surface area is 147 Å². The smallest absolute Gasteiger partial charge is 0.382 e. The van der Waals surface area contributed by atoms with Gasteiger partial charge in [0.1, 0.15) is 18.2 Å². The van der Waals surface area contributed by atoms with Crippen LogP contribution in [0.5, 0.6) is 0 Å². The zero-order valence-corrected chi connectivity index (χ0v) is 15.1. The lowest BCUT2D eigenvalue weighted by molar-refractivity contribution is 0.0603. The molecule has 2 aromatic heterocycles. The van der Waals surface area contributed by atoms with Crippen molar-refractivity contribution < 1.29 is 32.9 Å². The second kappa shape index (κ2) is 6.07. The molecule has 2 heterocycles. The van der Waals surface area contributed by atoms with Gasteiger partial charge in [-0.05, 0) is 24.7 Å². The molecule has 12 nitrogen and oxygen atoms in total. The van der Waals surface area contributed by atoms with E-state index in [1.807, 2.05) is 4.57 Å². The molecule has 5 N–H and O–H groups in total. The van der Waals surface area contributed by atoms with Gasteiger partial charge in [0.25, 0.3) is 0 Å². The van der Waals surface area contributed by atoms with Crippen LogP contribution in [-0.2, 0) is 18.2 Å². The number of imidazole rings is 1. The Morgan fingerprint density at radius 3 is 2.69 bits per heavy atom. The molecule has 4 rings (SSSR count). The van der Waals surface area contributed by atoms with Crippen molar-refractivity contribution in [3.8, 4) is 0 Å². The van der Waals surface area contributed by atoms with E-state index in [0.29, 0.717) is 29.3 Å². The average molecular weight is 405 g/mol. The first-order valence-corrected chi connectivity index (χ1v) is 11.1. The Kier molecular flexibility index (Phi) is 4.20. The normalized spacial score (nSPS) is 30.3. The van der Waals surface area contributed by atoms with E-state index >= 15 is 0 Å². The summed E-state index contributed by atoms with van der Waals surface area (Å²) < 4.78 is 33.7. The van der Waals surface area contributed by atoms with Gasteiger partial charge in [-0.3, -0.25) is 4.57 Å². The first kappa shape index (κ1) is 18.0. The molecule has 2 aliphatic rings. The largest absolute Gasteiger partial charge is 0.476 e. The molecular formula is C12H17N5O7P2. The van der Waals surface area contributed by atoms with Crippen molar-refractivity contribution in [1.82, 2.24) is 19.5 Å². The van der Waals surface area contributed by atoms with Gasteiger partial charge >= 0.3 is 15.4 Å². The third-order valence-corrected chi connectivity index (χ3v) is 7.11. The maximum absolute atomic E-state index is 11.7. The minimum absolute atomic E-state index is 0.0464. The number of fused-ring (bicyclic) bond motifs is 2. The highest BCUT2D eigenvalue weighted by molar-refractivity contribution is 7.63. The maximum atomic E-state index is 11.7. The van der Waals surface area contributed by atoms with Gasteiger partial charge in [0.2, 0.25) is 0 Å². The van der Waals surface area contributed by atoms with Crippen molar-refractivity contribution in [3.05, 3.63) is 12.7 Å². The monoisotopic (exact) mass is 405 g/mol. The predicted molar refractivity (Wildman–Crippen MR) is 87.7 cm³/mol. The fourth-order valence-corrected chi connectivity index (χ4v) is 5.60. The van der Waals surface area contributed by atoms with Gasteiger partial charge in [-0.1, -0.05) is 0 Å². The molecule has 2 fully saturated rings. The van der Waals surface area contributed by atoms with Crippen LogP contribution in [0.25, 0.3) is 11.2 Å². The number of ether oxygens (including phenoxy) is 1. The summed E-state index contributed by atoms with van der Waals surface area (Å²) in [5.74, 6) is 0.809. The lowest BCUT2D eigenvalue weighted by atomic mass is 10.1. The van der Waals surface area contributed by atoms with Gasteiger partial charge in [-0.15, -0.1) is 0 Å². The molecule has 142 valence electrons. The summed E-state index contributed by atoms with van der Waals surface area (Å²) in [7, 11) is -9.61. The van der Waals surface area contributed by atoms with Crippen LogP contribution in [0.3, 0.4) is 0 Å². The Morgan fingerprint density at radius 2 is 1.96 bits per heavy atom. The molecule has 5 atom stereocenters. The van der Waals surface area contributed by atoms with E-state index < -0.39 is 21.8 Å². The van der Waals surface area contributed by atoms with Crippen LogP contribution >= 0.6 is 15.4 Å². The SMILES string of the molecule is Nc1ncnc2c1ncn2[C@@H]1C[C@@H](OCP(=O)(O)OP(=O)(O)O)[C@@H]2C[C@@H]21. The molecule has 0 bridgehead atoms. The highest BCUT2D eigenvalue weighted by atomic mass is 31.3. The molecule has 2 aromatic rings. The van der Waals surface area contributed by atoms with E-state index in [-0.39, 0.29) is 18.1 Å². The van der Waals surface area contributed by atoms with Crippen molar-refractivity contribution in [2.75, 3.05) is 12.1 Å². The Morgan fingerprint density at radius 1 is 1.19 bits per heavy atom. The number of hydrogen-bond acceptors (Lipinski definition) is 8. The molecule has 26 heavy (non-hydrogen) atoms. The van der Waals surface area contributed by atoms with Crippen LogP contribution in [0.1, 0.15) is 18.9 Å². The first-order valence-electron chi connectivity index (χ1n) is 7.78. The van der Waals surface area contributed by atoms with Gasteiger partial charge in [0.15, 0.2) is 11.5 Å². The number of nitrogen functional groups attached to an aromatic ring is 1. The second-order valence-corrected chi connectivity index (χ2v) is 9.66. The summed E-state index contributed by atoms with van der Waals surface area (Å²) in [6, 6.07) is 0.0464. The standard InChI is InChI=1S/C12H17N5O7P2/c13-11-10-12(15-3-14-11)17(4-16-10)8-2-9(7-1-6(7)8)23-5-25(18,19)24-26(20,21)22/h3-4,6-9H,1-2,5H2,(H,18,19)(H2,13,14,15)(H2,20,21,22)/t6-,7+,8+,9+/m0/s1. The van der Waals surface area contributed by atoms with Crippen molar-refractivity contribution in [3.63, 3.8) is 0 Å². The molecule has 0 amide bonds. The number of nitrogens with zero attached hydrogens (tertiary/aromatic N) is 4. The Bertz CT molecular complexity index is 945. The highest BCUT2D eigenvalue weighted by Gasteiger charge is 2.56. The molecule has 0 saturated heterocycles. The summed E-state index contributed by atoms with van der Waals surface area (Å²) in [5.41, 5.74) is 6.93. The summed E-state index contributed by atoms with van der Waals surface area (Å²) in [6.07, 6.45) is 3.35. The van der Waals surface area contributed by atoms with Crippen LogP contribution in [0, 0.1) is 11.8 Å². The van der Waals surface area contributed by atoms with Crippen LogP contribution < -0.4 is 5.73 Å². The van der Waals surface area contributed by atoms with E-state index in [4.69, 9.17) is 20.3 Å². The van der Waals surface area contributed by atoms with Gasteiger partial charge in [-0.25, -0.2) is 23.8 Å². The number of rotatable bonds is 6. The van der Waals surface area contributed by atoms with E-state index in [0.717, 1.165) is 6.42 Å². The van der Waals surface area contributed by atoms with Gasteiger partial charge in [0, 0.05) is 6.04 Å². The van der Waals surface area contributed by atoms with Crippen molar-refractivity contribution >= 4 is 32.4 Å². The van der Waals surface area contributed by atoms with E-state index in [1.54, 1.807) is 6.33 Å². The number of nitrogens with two attached hydrogens (primary N) is 1. The number of aromatic nitrogens is 4. The molecule has 0 spiro atoms. The number of anilines is 1. The van der Waals surface area contributed by atoms with Gasteiger partial charge in [-0.2, -0.15) is 0 Å². The minimum Gasteiger partial charge on any atom is -0.382 e. The van der Waals surface area contributed by atoms with E-state index in [9.17, 15) is 14.0 Å². The van der Waals surface area contributed by atoms with E-state index in [1.165, 1.54) is 6.33 Å². The fourth-order valence-electron chi connectivity index (χ4n) is 3.70. The zero-order chi connectivity index (χ0) is 18.7. The van der Waals surface area contributed by atoms with Crippen molar-refractivity contribution in [1.29, 1.82) is 0 Å². The third kappa shape index (κ3) is 3.41. The van der Waals surface area contributed by atoms with Gasteiger partial charge < -0.3 is 29.7 Å². The number of phosphoric acid groups is 1. The molecular weight excluding hydrogens is 388 g/mol. The summed E-state index contributed by atoms with van der Waals surface area (Å²) in [5, 5.41) is 0. The lowest BCUT2D eigenvalue weighted by Gasteiger charge is -2.20. The topological polar surface area (TPSA) is 183 Å². The molecule has 2 saturated carbocycles. The van der Waals surface area contributed by atoms with E-state index in [2.05, 4.69) is 19.3 Å². The quantitative estimate of drug-likeness (QED) is 0.494. The maximum Gasteiger partial charge on any atom is 0.476 e. The predicted octanol–water partition coefficient (Wildman–Crippen LogP) is 0.627. The summed E-state index contributed by atoms with van der Waals surface area (Å²) in [4.78, 5) is 39.2. The molecule has 1 unspecified atom stereocenters. The van der Waals surface area contributed by atoms with Gasteiger partial charge in [0.05, 0.1) is 12.4 Å².